The molecule has 112 valence electrons. The monoisotopic (exact) mass is 294 g/mol. The Bertz CT molecular complexity index is 798. The molecule has 22 heavy (non-hydrogen) atoms. The molecular formula is C18H18N2O2. The fourth-order valence-electron chi connectivity index (χ4n) is 2.46. The third-order valence-corrected chi connectivity index (χ3v) is 3.53. The van der Waals surface area contributed by atoms with Gasteiger partial charge < -0.3 is 14.8 Å². The van der Waals surface area contributed by atoms with Gasteiger partial charge in [0.1, 0.15) is 5.75 Å². The van der Waals surface area contributed by atoms with Crippen molar-refractivity contribution < 1.29 is 9.47 Å². The van der Waals surface area contributed by atoms with Crippen LogP contribution in [0.2, 0.25) is 0 Å². The molecule has 0 spiro atoms. The van der Waals surface area contributed by atoms with Gasteiger partial charge in [-0.15, -0.1) is 0 Å². The summed E-state index contributed by atoms with van der Waals surface area (Å²) in [5.74, 6) is 1.48. The second kappa shape index (κ2) is 5.93. The van der Waals surface area contributed by atoms with E-state index in [1.165, 1.54) is 0 Å². The average Bonchev–Trinajstić information content (AvgIpc) is 2.55. The molecular weight excluding hydrogens is 276 g/mol. The molecule has 0 aliphatic heterocycles. The van der Waals surface area contributed by atoms with Gasteiger partial charge in [-0.3, -0.25) is 0 Å². The van der Waals surface area contributed by atoms with Gasteiger partial charge in [-0.1, -0.05) is 6.07 Å². The summed E-state index contributed by atoms with van der Waals surface area (Å²) in [4.78, 5) is 4.42. The number of nitrogens with one attached hydrogen (secondary N) is 1. The summed E-state index contributed by atoms with van der Waals surface area (Å²) in [7, 11) is 3.31. The van der Waals surface area contributed by atoms with Crippen molar-refractivity contribution in [3.8, 4) is 11.6 Å². The van der Waals surface area contributed by atoms with E-state index in [1.54, 1.807) is 14.2 Å². The van der Waals surface area contributed by atoms with Gasteiger partial charge in [0, 0.05) is 27.8 Å². The van der Waals surface area contributed by atoms with Crippen LogP contribution in [0.1, 0.15) is 5.69 Å². The van der Waals surface area contributed by atoms with E-state index in [4.69, 9.17) is 9.47 Å². The molecule has 0 saturated carbocycles. The maximum atomic E-state index is 5.39. The molecule has 3 aromatic rings. The zero-order valence-electron chi connectivity index (χ0n) is 12.9. The molecule has 2 aromatic carbocycles. The minimum Gasteiger partial charge on any atom is -0.497 e. The Morgan fingerprint density at radius 3 is 2.36 bits per heavy atom. The Hall–Kier alpha value is -2.75. The van der Waals surface area contributed by atoms with Crippen molar-refractivity contribution in [3.63, 3.8) is 0 Å². The van der Waals surface area contributed by atoms with Crippen LogP contribution in [0.4, 0.5) is 11.4 Å². The van der Waals surface area contributed by atoms with Crippen molar-refractivity contribution in [1.29, 1.82) is 0 Å². The summed E-state index contributed by atoms with van der Waals surface area (Å²) in [5, 5.41) is 5.52. The Morgan fingerprint density at radius 1 is 0.909 bits per heavy atom. The molecule has 0 bridgehead atoms. The fraction of sp³-hybridized carbons (Fsp3) is 0.167. The quantitative estimate of drug-likeness (QED) is 0.779. The van der Waals surface area contributed by atoms with E-state index in [0.717, 1.165) is 33.6 Å². The van der Waals surface area contributed by atoms with Gasteiger partial charge in [-0.2, -0.15) is 0 Å². The number of benzene rings is 2. The summed E-state index contributed by atoms with van der Waals surface area (Å²) in [6.07, 6.45) is 0. The van der Waals surface area contributed by atoms with Crippen molar-refractivity contribution >= 4 is 22.1 Å². The lowest BCUT2D eigenvalue weighted by Crippen LogP contribution is -1.96. The Labute approximate surface area is 129 Å². The number of hydrogen-bond acceptors (Lipinski definition) is 4. The Morgan fingerprint density at radius 2 is 1.68 bits per heavy atom. The van der Waals surface area contributed by atoms with Crippen molar-refractivity contribution in [3.05, 3.63) is 54.2 Å². The van der Waals surface area contributed by atoms with Crippen LogP contribution in [0.25, 0.3) is 10.8 Å². The highest BCUT2D eigenvalue weighted by atomic mass is 16.5. The van der Waals surface area contributed by atoms with Crippen LogP contribution in [-0.4, -0.2) is 19.2 Å². The first-order valence-corrected chi connectivity index (χ1v) is 7.06. The third kappa shape index (κ3) is 2.68. The van der Waals surface area contributed by atoms with Gasteiger partial charge in [-0.05, 0) is 49.4 Å². The normalized spacial score (nSPS) is 10.5. The van der Waals surface area contributed by atoms with E-state index < -0.39 is 0 Å². The van der Waals surface area contributed by atoms with Gasteiger partial charge in [0.15, 0.2) is 0 Å². The van der Waals surface area contributed by atoms with Crippen molar-refractivity contribution in [1.82, 2.24) is 4.98 Å². The van der Waals surface area contributed by atoms with Gasteiger partial charge in [0.25, 0.3) is 0 Å². The van der Waals surface area contributed by atoms with Crippen LogP contribution in [-0.2, 0) is 0 Å². The summed E-state index contributed by atoms with van der Waals surface area (Å²) >= 11 is 0. The Kier molecular flexibility index (Phi) is 3.83. The number of fused-ring (bicyclic) bond motifs is 1. The first-order chi connectivity index (χ1) is 10.7. The fourth-order valence-corrected chi connectivity index (χ4v) is 2.46. The smallest absolute Gasteiger partial charge is 0.221 e. The molecule has 0 atom stereocenters. The second-order valence-corrected chi connectivity index (χ2v) is 5.03. The second-order valence-electron chi connectivity index (χ2n) is 5.03. The van der Waals surface area contributed by atoms with Crippen LogP contribution >= 0.6 is 0 Å². The molecule has 0 radical (unpaired) electrons. The largest absolute Gasteiger partial charge is 0.497 e. The topological polar surface area (TPSA) is 43.4 Å². The van der Waals surface area contributed by atoms with Crippen molar-refractivity contribution in [2.45, 2.75) is 6.92 Å². The van der Waals surface area contributed by atoms with E-state index in [1.807, 2.05) is 49.4 Å². The zero-order chi connectivity index (χ0) is 15.5. The summed E-state index contributed by atoms with van der Waals surface area (Å²) in [6, 6.07) is 16.0. The maximum Gasteiger partial charge on any atom is 0.221 e. The number of nitrogens with zero attached hydrogens (tertiary/aromatic N) is 1. The highest BCUT2D eigenvalue weighted by molar-refractivity contribution is 5.98. The number of methoxy groups -OCH3 is 2. The molecule has 1 aromatic heterocycles. The number of anilines is 2. The lowest BCUT2D eigenvalue weighted by atomic mass is 10.1. The molecule has 0 aliphatic carbocycles. The van der Waals surface area contributed by atoms with E-state index in [-0.39, 0.29) is 0 Å². The predicted octanol–water partition coefficient (Wildman–Crippen LogP) is 4.30. The minimum atomic E-state index is 0.647. The molecule has 0 amide bonds. The van der Waals surface area contributed by atoms with Crippen LogP contribution in [0, 0.1) is 6.92 Å². The van der Waals surface area contributed by atoms with Crippen molar-refractivity contribution in [2.24, 2.45) is 0 Å². The maximum absolute atomic E-state index is 5.39. The molecule has 0 fully saturated rings. The average molecular weight is 294 g/mol. The van der Waals surface area contributed by atoms with Gasteiger partial charge in [0.05, 0.1) is 14.2 Å². The third-order valence-electron chi connectivity index (χ3n) is 3.53. The van der Waals surface area contributed by atoms with E-state index in [9.17, 15) is 0 Å². The first-order valence-electron chi connectivity index (χ1n) is 7.06. The number of rotatable bonds is 4. The van der Waals surface area contributed by atoms with Crippen LogP contribution in [0.15, 0.2) is 48.5 Å². The molecule has 0 unspecified atom stereocenters. The number of ether oxygens (including phenoxy) is 2. The molecule has 1 N–H and O–H groups in total. The highest BCUT2D eigenvalue weighted by Crippen LogP contribution is 2.32. The van der Waals surface area contributed by atoms with Crippen molar-refractivity contribution in [2.75, 3.05) is 19.5 Å². The SMILES string of the molecule is COc1ccc(Nc2cccc3c(OC)nc(C)cc23)cc1. The number of hydrogen-bond donors (Lipinski definition) is 1. The zero-order valence-corrected chi connectivity index (χ0v) is 12.9. The van der Waals surface area contributed by atoms with Gasteiger partial charge >= 0.3 is 0 Å². The van der Waals surface area contributed by atoms with Crippen LogP contribution in [0.5, 0.6) is 11.6 Å². The minimum absolute atomic E-state index is 0.647. The number of pyridine rings is 1. The lowest BCUT2D eigenvalue weighted by molar-refractivity contribution is 0.402. The van der Waals surface area contributed by atoms with Crippen LogP contribution < -0.4 is 14.8 Å². The molecule has 0 aliphatic rings. The standard InChI is InChI=1S/C18H18N2O2/c1-12-11-16-15(18(19-12)22-3)5-4-6-17(16)20-13-7-9-14(21-2)10-8-13/h4-11,20H,1-3H3. The molecule has 4 heteroatoms. The summed E-state index contributed by atoms with van der Waals surface area (Å²) in [6.45, 7) is 1.96. The molecule has 1 heterocycles. The first kappa shape index (κ1) is 14.2. The lowest BCUT2D eigenvalue weighted by Gasteiger charge is -2.12. The number of aromatic nitrogens is 1. The summed E-state index contributed by atoms with van der Waals surface area (Å²) < 4.78 is 10.6. The molecule has 3 rings (SSSR count). The van der Waals surface area contributed by atoms with Gasteiger partial charge in [0.2, 0.25) is 5.88 Å². The summed E-state index contributed by atoms with van der Waals surface area (Å²) in [5.41, 5.74) is 2.95. The van der Waals surface area contributed by atoms with Gasteiger partial charge in [-0.25, -0.2) is 4.98 Å². The van der Waals surface area contributed by atoms with E-state index in [0.29, 0.717) is 5.88 Å². The van der Waals surface area contributed by atoms with Crippen LogP contribution in [0.3, 0.4) is 0 Å². The number of aryl methyl sites for hydroxylation is 1. The molecule has 0 saturated heterocycles. The van der Waals surface area contributed by atoms with E-state index >= 15 is 0 Å². The Balaban J connectivity index is 2.04. The molecule has 4 nitrogen and oxygen atoms in total. The van der Waals surface area contributed by atoms with E-state index in [2.05, 4.69) is 16.4 Å². The highest BCUT2D eigenvalue weighted by Gasteiger charge is 2.08. The predicted molar refractivity (Wildman–Crippen MR) is 89.3 cm³/mol.